The van der Waals surface area contributed by atoms with Crippen LogP contribution in [0.4, 0.5) is 0 Å². The fraction of sp³-hybridized carbons (Fsp3) is 0.0588. The number of rotatable bonds is 5. The molecule has 0 amide bonds. The summed E-state index contributed by atoms with van der Waals surface area (Å²) in [6.45, 7) is 1.84. The Hall–Kier alpha value is -2.73. The van der Waals surface area contributed by atoms with E-state index in [2.05, 4.69) is 15.0 Å². The molecule has 0 atom stereocenters. The summed E-state index contributed by atoms with van der Waals surface area (Å²) < 4.78 is 5.82. The van der Waals surface area contributed by atoms with E-state index in [0.29, 0.717) is 17.8 Å². The molecule has 0 saturated carbocycles. The summed E-state index contributed by atoms with van der Waals surface area (Å²) in [4.78, 5) is 24.6. The minimum atomic E-state index is 0.249. The Kier molecular flexibility index (Phi) is 4.63. The lowest BCUT2D eigenvalue weighted by Gasteiger charge is -2.10. The van der Waals surface area contributed by atoms with Gasteiger partial charge in [-0.2, -0.15) is 0 Å². The zero-order chi connectivity index (χ0) is 16.1. The van der Waals surface area contributed by atoms with E-state index >= 15 is 0 Å². The highest BCUT2D eigenvalue weighted by atomic mass is 32.2. The maximum Gasteiger partial charge on any atom is 0.172 e. The van der Waals surface area contributed by atoms with Gasteiger partial charge in [0.15, 0.2) is 12.0 Å². The van der Waals surface area contributed by atoms with Crippen molar-refractivity contribution in [3.05, 3.63) is 66.4 Å². The highest BCUT2D eigenvalue weighted by Gasteiger charge is 2.10. The Morgan fingerprint density at radius 3 is 2.65 bits per heavy atom. The lowest BCUT2D eigenvalue weighted by atomic mass is 10.3. The summed E-state index contributed by atoms with van der Waals surface area (Å²) in [7, 11) is 0. The molecule has 0 saturated heterocycles. The zero-order valence-corrected chi connectivity index (χ0v) is 13.2. The summed E-state index contributed by atoms with van der Waals surface area (Å²) in [5.74, 6) is 0.995. The van der Waals surface area contributed by atoms with E-state index < -0.39 is 0 Å². The van der Waals surface area contributed by atoms with Crippen LogP contribution in [0.2, 0.25) is 0 Å². The number of hydrogen-bond donors (Lipinski definition) is 0. The minimum absolute atomic E-state index is 0.249. The standard InChI is InChI=1S/C17H13N3O2S/c1-12-15(5-4-8-18-12)22-16-9-13(10-20-14(16)11-21)23-17-6-2-3-7-19-17/h2-11H,1H3. The first-order chi connectivity index (χ1) is 11.3. The van der Waals surface area contributed by atoms with Gasteiger partial charge in [0.2, 0.25) is 0 Å². The first-order valence-electron chi connectivity index (χ1n) is 6.90. The summed E-state index contributed by atoms with van der Waals surface area (Å²) >= 11 is 1.45. The van der Waals surface area contributed by atoms with Gasteiger partial charge < -0.3 is 4.74 Å². The second kappa shape index (κ2) is 7.02. The second-order valence-corrected chi connectivity index (χ2v) is 5.73. The third kappa shape index (κ3) is 3.73. The van der Waals surface area contributed by atoms with Crippen molar-refractivity contribution in [2.24, 2.45) is 0 Å². The fourth-order valence-corrected chi connectivity index (χ4v) is 2.66. The molecule has 3 aromatic heterocycles. The van der Waals surface area contributed by atoms with Crippen LogP contribution in [-0.4, -0.2) is 21.2 Å². The van der Waals surface area contributed by atoms with Gasteiger partial charge in [-0.05, 0) is 37.3 Å². The van der Waals surface area contributed by atoms with Crippen molar-refractivity contribution in [3.8, 4) is 11.5 Å². The quantitative estimate of drug-likeness (QED) is 0.663. The number of aromatic nitrogens is 3. The molecule has 0 aliphatic carbocycles. The summed E-state index contributed by atoms with van der Waals surface area (Å²) in [6, 6.07) is 11.0. The van der Waals surface area contributed by atoms with Gasteiger partial charge in [0.05, 0.1) is 5.69 Å². The lowest BCUT2D eigenvalue weighted by Crippen LogP contribution is -1.96. The number of aldehydes is 1. The number of aryl methyl sites for hydroxylation is 1. The predicted octanol–water partition coefficient (Wildman–Crippen LogP) is 3.94. The summed E-state index contributed by atoms with van der Waals surface area (Å²) in [6.07, 6.45) is 5.72. The van der Waals surface area contributed by atoms with Crippen molar-refractivity contribution < 1.29 is 9.53 Å². The van der Waals surface area contributed by atoms with Crippen molar-refractivity contribution in [1.82, 2.24) is 15.0 Å². The number of pyridine rings is 3. The molecule has 3 aromatic rings. The van der Waals surface area contributed by atoms with Gasteiger partial charge in [0.25, 0.3) is 0 Å². The molecule has 0 bridgehead atoms. The van der Waals surface area contributed by atoms with Gasteiger partial charge in [-0.15, -0.1) is 0 Å². The van der Waals surface area contributed by atoms with Crippen molar-refractivity contribution in [2.75, 3.05) is 0 Å². The van der Waals surface area contributed by atoms with E-state index in [0.717, 1.165) is 15.6 Å². The average Bonchev–Trinajstić information content (AvgIpc) is 2.58. The van der Waals surface area contributed by atoms with Crippen LogP contribution >= 0.6 is 11.8 Å². The van der Waals surface area contributed by atoms with Gasteiger partial charge in [0.1, 0.15) is 16.5 Å². The Morgan fingerprint density at radius 2 is 1.91 bits per heavy atom. The third-order valence-electron chi connectivity index (χ3n) is 3.01. The first-order valence-corrected chi connectivity index (χ1v) is 7.71. The molecular formula is C17H13N3O2S. The normalized spacial score (nSPS) is 10.3. The summed E-state index contributed by atoms with van der Waals surface area (Å²) in [5.41, 5.74) is 0.991. The molecule has 0 N–H and O–H groups in total. The molecule has 0 fully saturated rings. The van der Waals surface area contributed by atoms with Gasteiger partial charge >= 0.3 is 0 Å². The maximum atomic E-state index is 11.2. The van der Waals surface area contributed by atoms with Crippen molar-refractivity contribution in [1.29, 1.82) is 0 Å². The lowest BCUT2D eigenvalue weighted by molar-refractivity contribution is 0.111. The highest BCUT2D eigenvalue weighted by Crippen LogP contribution is 2.31. The minimum Gasteiger partial charge on any atom is -0.453 e. The van der Waals surface area contributed by atoms with E-state index in [-0.39, 0.29) is 5.69 Å². The Balaban J connectivity index is 1.90. The fourth-order valence-electron chi connectivity index (χ4n) is 1.89. The van der Waals surface area contributed by atoms with E-state index in [4.69, 9.17) is 4.74 Å². The Labute approximate surface area is 137 Å². The van der Waals surface area contributed by atoms with E-state index in [1.807, 2.05) is 25.1 Å². The van der Waals surface area contributed by atoms with E-state index in [1.54, 1.807) is 36.8 Å². The molecule has 0 aliphatic rings. The molecule has 3 heterocycles. The van der Waals surface area contributed by atoms with Crippen LogP contribution in [0.25, 0.3) is 0 Å². The number of carbonyl (C=O) groups is 1. The van der Waals surface area contributed by atoms with Crippen molar-refractivity contribution in [3.63, 3.8) is 0 Å². The number of carbonyl (C=O) groups excluding carboxylic acids is 1. The first kappa shape index (κ1) is 15.2. The second-order valence-electron chi connectivity index (χ2n) is 4.63. The van der Waals surface area contributed by atoms with Gasteiger partial charge in [-0.3, -0.25) is 9.78 Å². The number of ether oxygens (including phenoxy) is 1. The van der Waals surface area contributed by atoms with Gasteiger partial charge in [-0.1, -0.05) is 17.8 Å². The molecule has 5 nitrogen and oxygen atoms in total. The molecule has 0 aliphatic heterocycles. The smallest absolute Gasteiger partial charge is 0.172 e. The van der Waals surface area contributed by atoms with Crippen molar-refractivity contribution >= 4 is 18.0 Å². The SMILES string of the molecule is Cc1ncccc1Oc1cc(Sc2ccccn2)cnc1C=O. The number of nitrogens with zero attached hydrogens (tertiary/aromatic N) is 3. The van der Waals surface area contributed by atoms with Gasteiger partial charge in [-0.25, -0.2) is 9.97 Å². The van der Waals surface area contributed by atoms with Crippen LogP contribution in [0, 0.1) is 6.92 Å². The maximum absolute atomic E-state index is 11.2. The molecule has 3 rings (SSSR count). The molecule has 114 valence electrons. The molecule has 0 radical (unpaired) electrons. The van der Waals surface area contributed by atoms with Crippen molar-refractivity contribution in [2.45, 2.75) is 16.8 Å². The van der Waals surface area contributed by atoms with Gasteiger partial charge in [0, 0.05) is 23.5 Å². The third-order valence-corrected chi connectivity index (χ3v) is 3.92. The largest absolute Gasteiger partial charge is 0.453 e. The van der Waals surface area contributed by atoms with Crippen LogP contribution in [0.5, 0.6) is 11.5 Å². The molecule has 6 heteroatoms. The molecular weight excluding hydrogens is 310 g/mol. The Bertz CT molecular complexity index is 825. The molecule has 23 heavy (non-hydrogen) atoms. The van der Waals surface area contributed by atoms with E-state index in [9.17, 15) is 4.79 Å². The van der Waals surface area contributed by atoms with Crippen LogP contribution in [0.1, 0.15) is 16.2 Å². The predicted molar refractivity (Wildman–Crippen MR) is 87.0 cm³/mol. The molecule has 0 unspecified atom stereocenters. The topological polar surface area (TPSA) is 65.0 Å². The van der Waals surface area contributed by atoms with Crippen LogP contribution in [-0.2, 0) is 0 Å². The monoisotopic (exact) mass is 323 g/mol. The van der Waals surface area contributed by atoms with Crippen LogP contribution in [0.15, 0.2) is 64.9 Å². The molecule has 0 spiro atoms. The highest BCUT2D eigenvalue weighted by molar-refractivity contribution is 7.99. The van der Waals surface area contributed by atoms with Crippen LogP contribution in [0.3, 0.4) is 0 Å². The number of hydrogen-bond acceptors (Lipinski definition) is 6. The van der Waals surface area contributed by atoms with E-state index in [1.165, 1.54) is 11.8 Å². The summed E-state index contributed by atoms with van der Waals surface area (Å²) in [5, 5.41) is 0.844. The van der Waals surface area contributed by atoms with Crippen LogP contribution < -0.4 is 4.74 Å². The average molecular weight is 323 g/mol. The zero-order valence-electron chi connectivity index (χ0n) is 12.3. The molecule has 0 aromatic carbocycles. The Morgan fingerprint density at radius 1 is 1.04 bits per heavy atom.